The summed E-state index contributed by atoms with van der Waals surface area (Å²) in [6.07, 6.45) is 1.50. The van der Waals surface area contributed by atoms with E-state index in [4.69, 9.17) is 4.74 Å². The van der Waals surface area contributed by atoms with Crippen molar-refractivity contribution >= 4 is 23.4 Å². The van der Waals surface area contributed by atoms with Crippen molar-refractivity contribution in [3.8, 4) is 5.75 Å². The van der Waals surface area contributed by atoms with Crippen LogP contribution in [0.4, 0.5) is 5.69 Å². The van der Waals surface area contributed by atoms with Gasteiger partial charge in [-0.1, -0.05) is 17.7 Å². The average Bonchev–Trinajstić information content (AvgIpc) is 3.02. The molecule has 0 fully saturated rings. The summed E-state index contributed by atoms with van der Waals surface area (Å²) in [4.78, 5) is 23.5. The summed E-state index contributed by atoms with van der Waals surface area (Å²) in [5.74, 6) is -0.284. The number of aryl methyl sites for hydroxylation is 2. The van der Waals surface area contributed by atoms with Crippen LogP contribution in [0.25, 0.3) is 0 Å². The van der Waals surface area contributed by atoms with Crippen molar-refractivity contribution in [3.05, 3.63) is 70.0 Å². The molecule has 0 amide bonds. The van der Waals surface area contributed by atoms with E-state index in [1.807, 2.05) is 19.1 Å². The zero-order chi connectivity index (χ0) is 18.7. The first kappa shape index (κ1) is 17.6. The molecule has 9 heteroatoms. The second kappa shape index (κ2) is 7.36. The lowest BCUT2D eigenvalue weighted by Gasteiger charge is -2.07. The standard InChI is InChI=1S/C17H14N4O4S/c1-11-3-6-13(7-4-11)25-16(22)12-5-8-15(14(9-12)21(23)24)26-17-19-18-10-20(17)2/h3-10H,1-2H3. The van der Waals surface area contributed by atoms with E-state index >= 15 is 0 Å². The molecule has 1 aromatic heterocycles. The summed E-state index contributed by atoms with van der Waals surface area (Å²) in [7, 11) is 1.74. The zero-order valence-corrected chi connectivity index (χ0v) is 14.8. The summed E-state index contributed by atoms with van der Waals surface area (Å²) >= 11 is 1.10. The summed E-state index contributed by atoms with van der Waals surface area (Å²) in [6, 6.07) is 11.2. The largest absolute Gasteiger partial charge is 0.423 e. The van der Waals surface area contributed by atoms with Crippen molar-refractivity contribution in [3.63, 3.8) is 0 Å². The summed E-state index contributed by atoms with van der Waals surface area (Å²) in [5, 5.41) is 19.5. The molecule has 0 N–H and O–H groups in total. The SMILES string of the molecule is Cc1ccc(OC(=O)c2ccc(Sc3nncn3C)c([N+](=O)[O-])c2)cc1. The molecule has 0 aliphatic carbocycles. The number of nitro groups is 1. The average molecular weight is 370 g/mol. The van der Waals surface area contributed by atoms with Gasteiger partial charge in [0, 0.05) is 13.1 Å². The summed E-state index contributed by atoms with van der Waals surface area (Å²) in [6.45, 7) is 1.92. The topological polar surface area (TPSA) is 100 Å². The Bertz CT molecular complexity index is 969. The molecule has 26 heavy (non-hydrogen) atoms. The van der Waals surface area contributed by atoms with Crippen molar-refractivity contribution in [2.45, 2.75) is 17.0 Å². The van der Waals surface area contributed by atoms with Crippen LogP contribution in [0, 0.1) is 17.0 Å². The Morgan fingerprint density at radius 1 is 1.23 bits per heavy atom. The van der Waals surface area contributed by atoms with Crippen LogP contribution in [0.2, 0.25) is 0 Å². The number of carbonyl (C=O) groups is 1. The lowest BCUT2D eigenvalue weighted by Crippen LogP contribution is -2.09. The first-order valence-electron chi connectivity index (χ1n) is 7.53. The third kappa shape index (κ3) is 3.89. The maximum absolute atomic E-state index is 12.3. The van der Waals surface area contributed by atoms with Crippen molar-refractivity contribution in [1.82, 2.24) is 14.8 Å². The zero-order valence-electron chi connectivity index (χ0n) is 13.9. The molecular formula is C17H14N4O4S. The van der Waals surface area contributed by atoms with Gasteiger partial charge < -0.3 is 9.30 Å². The minimum atomic E-state index is -0.660. The van der Waals surface area contributed by atoms with Crippen LogP contribution >= 0.6 is 11.8 Å². The summed E-state index contributed by atoms with van der Waals surface area (Å²) < 4.78 is 6.91. The number of nitro benzene ring substituents is 1. The van der Waals surface area contributed by atoms with Gasteiger partial charge in [-0.05, 0) is 43.0 Å². The Hall–Kier alpha value is -3.20. The van der Waals surface area contributed by atoms with Crippen LogP contribution in [0.5, 0.6) is 5.75 Å². The van der Waals surface area contributed by atoms with Gasteiger partial charge in [0.05, 0.1) is 15.4 Å². The van der Waals surface area contributed by atoms with E-state index in [1.54, 1.807) is 23.7 Å². The Kier molecular flexibility index (Phi) is 4.99. The third-order valence-electron chi connectivity index (χ3n) is 3.49. The maximum Gasteiger partial charge on any atom is 0.343 e. The molecule has 2 aromatic carbocycles. The fourth-order valence-electron chi connectivity index (χ4n) is 2.11. The van der Waals surface area contributed by atoms with E-state index in [9.17, 15) is 14.9 Å². The lowest BCUT2D eigenvalue weighted by molar-refractivity contribution is -0.387. The molecule has 8 nitrogen and oxygen atoms in total. The maximum atomic E-state index is 12.3. The highest BCUT2D eigenvalue weighted by Gasteiger charge is 2.21. The Balaban J connectivity index is 1.85. The van der Waals surface area contributed by atoms with Crippen molar-refractivity contribution in [2.24, 2.45) is 7.05 Å². The number of esters is 1. The second-order valence-electron chi connectivity index (χ2n) is 5.47. The number of hydrogen-bond acceptors (Lipinski definition) is 7. The molecule has 0 spiro atoms. The number of carbonyl (C=O) groups excluding carboxylic acids is 1. The molecule has 0 saturated heterocycles. The highest BCUT2D eigenvalue weighted by Crippen LogP contribution is 2.34. The normalized spacial score (nSPS) is 10.5. The predicted molar refractivity (Wildman–Crippen MR) is 94.4 cm³/mol. The van der Waals surface area contributed by atoms with Gasteiger partial charge in [0.15, 0.2) is 5.16 Å². The van der Waals surface area contributed by atoms with Crippen molar-refractivity contribution < 1.29 is 14.5 Å². The fourth-order valence-corrected chi connectivity index (χ4v) is 2.96. The van der Waals surface area contributed by atoms with E-state index in [1.165, 1.54) is 24.5 Å². The third-order valence-corrected chi connectivity index (χ3v) is 4.61. The minimum absolute atomic E-state index is 0.0968. The van der Waals surface area contributed by atoms with Crippen LogP contribution in [0.3, 0.4) is 0 Å². The van der Waals surface area contributed by atoms with Crippen LogP contribution < -0.4 is 4.74 Å². The van der Waals surface area contributed by atoms with Crippen molar-refractivity contribution in [2.75, 3.05) is 0 Å². The van der Waals surface area contributed by atoms with E-state index in [0.29, 0.717) is 15.8 Å². The van der Waals surface area contributed by atoms with Crippen LogP contribution in [0.15, 0.2) is 58.8 Å². The fraction of sp³-hybridized carbons (Fsp3) is 0.118. The molecule has 3 aromatic rings. The van der Waals surface area contributed by atoms with Gasteiger partial charge in [-0.2, -0.15) is 0 Å². The van der Waals surface area contributed by atoms with E-state index in [2.05, 4.69) is 10.2 Å². The number of hydrogen-bond donors (Lipinski definition) is 0. The van der Waals surface area contributed by atoms with Gasteiger partial charge in [0.25, 0.3) is 5.69 Å². The second-order valence-corrected chi connectivity index (χ2v) is 6.48. The number of benzene rings is 2. The van der Waals surface area contributed by atoms with Gasteiger partial charge in [-0.25, -0.2) is 4.79 Å². The van der Waals surface area contributed by atoms with Crippen LogP contribution in [-0.4, -0.2) is 25.7 Å². The summed E-state index contributed by atoms with van der Waals surface area (Å²) in [5.41, 5.74) is 0.932. The molecule has 1 heterocycles. The molecule has 0 atom stereocenters. The van der Waals surface area contributed by atoms with Gasteiger partial charge in [0.2, 0.25) is 0 Å². The molecule has 0 saturated carbocycles. The molecule has 0 radical (unpaired) electrons. The van der Waals surface area contributed by atoms with E-state index < -0.39 is 10.9 Å². The molecule has 0 bridgehead atoms. The van der Waals surface area contributed by atoms with Gasteiger partial charge >= 0.3 is 5.97 Å². The predicted octanol–water partition coefficient (Wildman–Crippen LogP) is 3.40. The highest BCUT2D eigenvalue weighted by molar-refractivity contribution is 7.99. The number of rotatable bonds is 5. The smallest absolute Gasteiger partial charge is 0.343 e. The van der Waals surface area contributed by atoms with E-state index in [-0.39, 0.29) is 11.3 Å². The Morgan fingerprint density at radius 2 is 1.96 bits per heavy atom. The molecule has 0 aliphatic rings. The number of nitrogens with zero attached hydrogens (tertiary/aromatic N) is 4. The van der Waals surface area contributed by atoms with E-state index in [0.717, 1.165) is 17.3 Å². The monoisotopic (exact) mass is 370 g/mol. The van der Waals surface area contributed by atoms with Crippen LogP contribution in [-0.2, 0) is 7.05 Å². The van der Waals surface area contributed by atoms with Crippen molar-refractivity contribution in [1.29, 1.82) is 0 Å². The molecule has 3 rings (SSSR count). The first-order chi connectivity index (χ1) is 12.4. The number of ether oxygens (including phenoxy) is 1. The first-order valence-corrected chi connectivity index (χ1v) is 8.35. The van der Waals surface area contributed by atoms with Crippen LogP contribution in [0.1, 0.15) is 15.9 Å². The van der Waals surface area contributed by atoms with Gasteiger partial charge in [-0.15, -0.1) is 10.2 Å². The lowest BCUT2D eigenvalue weighted by atomic mass is 10.2. The molecule has 0 unspecified atom stereocenters. The molecule has 132 valence electrons. The number of aromatic nitrogens is 3. The minimum Gasteiger partial charge on any atom is -0.423 e. The van der Waals surface area contributed by atoms with Gasteiger partial charge in [0.1, 0.15) is 12.1 Å². The Morgan fingerprint density at radius 3 is 2.58 bits per heavy atom. The highest BCUT2D eigenvalue weighted by atomic mass is 32.2. The van der Waals surface area contributed by atoms with Gasteiger partial charge in [-0.3, -0.25) is 10.1 Å². The molecule has 0 aliphatic heterocycles. The Labute approximate surface area is 153 Å². The quantitative estimate of drug-likeness (QED) is 0.294. The molecular weight excluding hydrogens is 356 g/mol.